The third-order valence-electron chi connectivity index (χ3n) is 10.8. The minimum Gasteiger partial charge on any atom is -0.507 e. The molecule has 0 saturated heterocycles. The maximum Gasteiger partial charge on any atom is 0.148 e. The van der Waals surface area contributed by atoms with Gasteiger partial charge < -0.3 is 5.11 Å². The molecule has 0 saturated carbocycles. The molecular formula is C56H56N3OPt-. The molecule has 8 aromatic rings. The molecule has 1 N–H and O–H groups in total. The number of imidazole rings is 1. The summed E-state index contributed by atoms with van der Waals surface area (Å²) in [4.78, 5) is 9.75. The van der Waals surface area contributed by atoms with Crippen molar-refractivity contribution in [1.29, 1.82) is 0 Å². The van der Waals surface area contributed by atoms with Gasteiger partial charge in [-0.25, -0.2) is 4.98 Å². The van der Waals surface area contributed by atoms with Crippen LogP contribution in [0.5, 0.6) is 5.75 Å². The van der Waals surface area contributed by atoms with Crippen LogP contribution in [0.25, 0.3) is 72.7 Å². The fourth-order valence-electron chi connectivity index (χ4n) is 7.40. The van der Waals surface area contributed by atoms with E-state index in [0.29, 0.717) is 50.1 Å². The Morgan fingerprint density at radius 2 is 1.43 bits per heavy atom. The van der Waals surface area contributed by atoms with Crippen molar-refractivity contribution >= 4 is 11.0 Å². The number of aromatic nitrogens is 3. The molecule has 0 spiro atoms. The van der Waals surface area contributed by atoms with Crippen molar-refractivity contribution in [2.24, 2.45) is 0 Å². The van der Waals surface area contributed by atoms with E-state index < -0.39 is 91.0 Å². The minimum absolute atomic E-state index is 0. The van der Waals surface area contributed by atoms with Crippen molar-refractivity contribution in [2.45, 2.75) is 91.7 Å². The van der Waals surface area contributed by atoms with Crippen molar-refractivity contribution in [2.75, 3.05) is 0 Å². The smallest absolute Gasteiger partial charge is 0.148 e. The molecule has 2 aromatic heterocycles. The van der Waals surface area contributed by atoms with Crippen molar-refractivity contribution in [3.63, 3.8) is 0 Å². The Labute approximate surface area is 400 Å². The molecule has 0 aliphatic carbocycles. The van der Waals surface area contributed by atoms with Crippen LogP contribution in [0.3, 0.4) is 0 Å². The summed E-state index contributed by atoms with van der Waals surface area (Å²) in [6, 6.07) is 24.4. The minimum atomic E-state index is -3.56. The molecule has 0 aliphatic rings. The summed E-state index contributed by atoms with van der Waals surface area (Å²) in [5.74, 6) is -0.0392. The van der Waals surface area contributed by atoms with E-state index >= 15 is 0 Å². The zero-order valence-corrected chi connectivity index (χ0v) is 37.2. The molecule has 0 bridgehead atoms. The van der Waals surface area contributed by atoms with Crippen LogP contribution in [-0.4, -0.2) is 19.6 Å². The van der Waals surface area contributed by atoms with Crippen LogP contribution in [0.15, 0.2) is 139 Å². The maximum atomic E-state index is 12.4. The van der Waals surface area contributed by atoms with E-state index in [9.17, 15) is 6.48 Å². The molecule has 0 unspecified atom stereocenters. The zero-order chi connectivity index (χ0) is 57.0. The van der Waals surface area contributed by atoms with Gasteiger partial charge in [-0.3, -0.25) is 9.55 Å². The standard InChI is InChI=1S/C56H56N3O.Pt/c1-35(2)40-31-46(36(3)4)53(60)48(32-40)54-58-52-45(22-17-23-51(52)59(54)50-25-24-43(55(5,6)7)34-47(50)38-20-15-12-16-21-38)41-28-42(30-44(29-41)56(8,9)10)49-33-39(26-27-57-49)37-18-13-11-14-19-37;/h11-27,29-36,60H,1-10H3;/q-1;/i5D3,6D3,7D3,11D,13D,14D,18D,19D,26D,27D,33D;. The summed E-state index contributed by atoms with van der Waals surface area (Å²) in [5, 5.41) is 12.4. The van der Waals surface area contributed by atoms with Gasteiger partial charge >= 0.3 is 0 Å². The van der Waals surface area contributed by atoms with E-state index in [-0.39, 0.29) is 66.9 Å². The molecule has 312 valence electrons. The van der Waals surface area contributed by atoms with Crippen LogP contribution in [0.4, 0.5) is 0 Å². The van der Waals surface area contributed by atoms with Crippen LogP contribution in [0.2, 0.25) is 0 Å². The topological polar surface area (TPSA) is 50.9 Å². The summed E-state index contributed by atoms with van der Waals surface area (Å²) >= 11 is 0. The number of phenolic OH excluding ortho intramolecular Hbond substituents is 1. The Kier molecular flexibility index (Phi) is 7.47. The van der Waals surface area contributed by atoms with Gasteiger partial charge in [0.05, 0.1) is 33.3 Å². The first-order valence-corrected chi connectivity index (χ1v) is 19.9. The predicted molar refractivity (Wildman–Crippen MR) is 252 cm³/mol. The molecular weight excluding hydrogens is 926 g/mol. The number of fused-ring (bicyclic) bond motifs is 1. The second-order valence-corrected chi connectivity index (χ2v) is 16.8. The number of pyridine rings is 1. The normalized spacial score (nSPS) is 16.6. The zero-order valence-electron chi connectivity index (χ0n) is 51.9. The van der Waals surface area contributed by atoms with Gasteiger partial charge in [-0.1, -0.05) is 171 Å². The summed E-state index contributed by atoms with van der Waals surface area (Å²) in [6.07, 6.45) is -0.613. The maximum absolute atomic E-state index is 12.4. The Balaban J connectivity index is 0.00000882. The van der Waals surface area contributed by atoms with E-state index in [1.165, 1.54) is 18.2 Å². The molecule has 2 heterocycles. The average molecular weight is 999 g/mol. The summed E-state index contributed by atoms with van der Waals surface area (Å²) in [7, 11) is 0. The Morgan fingerprint density at radius 1 is 0.689 bits per heavy atom. The van der Waals surface area contributed by atoms with Gasteiger partial charge in [0.1, 0.15) is 11.6 Å². The second kappa shape index (κ2) is 17.1. The fraction of sp³-hybridized carbons (Fsp3) is 0.250. The first-order chi connectivity index (χ1) is 35.6. The van der Waals surface area contributed by atoms with E-state index in [4.69, 9.17) is 26.9 Å². The van der Waals surface area contributed by atoms with E-state index in [1.807, 2.05) is 66.7 Å². The molecule has 61 heavy (non-hydrogen) atoms. The number of hydrogen-bond acceptors (Lipinski definition) is 3. The molecule has 0 aliphatic heterocycles. The summed E-state index contributed by atoms with van der Waals surface area (Å²) in [5.41, 5.74) is 0.0805. The van der Waals surface area contributed by atoms with Gasteiger partial charge in [0.15, 0.2) is 0 Å². The van der Waals surface area contributed by atoms with Crippen molar-refractivity contribution in [3.05, 3.63) is 168 Å². The first kappa shape index (κ1) is 26.7. The van der Waals surface area contributed by atoms with Crippen molar-refractivity contribution < 1.29 is 49.5 Å². The number of rotatable bonds is 8. The van der Waals surface area contributed by atoms with Crippen LogP contribution in [0, 0.1) is 6.07 Å². The fourth-order valence-corrected chi connectivity index (χ4v) is 7.40. The summed E-state index contributed by atoms with van der Waals surface area (Å²) < 4.78 is 149. The number of benzene rings is 6. The number of para-hydroxylation sites is 1. The molecule has 0 fully saturated rings. The molecule has 5 heteroatoms. The molecule has 0 atom stereocenters. The molecule has 0 amide bonds. The van der Waals surface area contributed by atoms with Crippen molar-refractivity contribution in [1.82, 2.24) is 14.5 Å². The third-order valence-corrected chi connectivity index (χ3v) is 10.8. The first-order valence-electron chi connectivity index (χ1n) is 28.4. The average Bonchev–Trinajstić information content (AvgIpc) is 3.91. The number of aromatic hydroxyl groups is 1. The van der Waals surface area contributed by atoms with E-state index in [1.54, 1.807) is 59.2 Å². The third kappa shape index (κ3) is 8.66. The molecule has 6 aromatic carbocycles. The number of hydrogen-bond donors (Lipinski definition) is 1. The van der Waals surface area contributed by atoms with Gasteiger partial charge in [-0.15, -0.1) is 29.3 Å². The van der Waals surface area contributed by atoms with Crippen LogP contribution in [-0.2, 0) is 31.9 Å². The Bertz CT molecular complexity index is 3590. The predicted octanol–water partition coefficient (Wildman–Crippen LogP) is 15.1. The van der Waals surface area contributed by atoms with Gasteiger partial charge in [-0.2, -0.15) is 0 Å². The molecule has 4 nitrogen and oxygen atoms in total. The Morgan fingerprint density at radius 3 is 2.11 bits per heavy atom. The van der Waals surface area contributed by atoms with Crippen molar-refractivity contribution in [3.8, 4) is 67.5 Å². The molecule has 0 radical (unpaired) electrons. The monoisotopic (exact) mass is 999 g/mol. The quantitative estimate of drug-likeness (QED) is 0.154. The van der Waals surface area contributed by atoms with E-state index in [0.717, 1.165) is 5.56 Å². The van der Waals surface area contributed by atoms with Crippen LogP contribution >= 0.6 is 0 Å². The number of phenols is 1. The van der Waals surface area contributed by atoms with Gasteiger partial charge in [0, 0.05) is 50.8 Å². The van der Waals surface area contributed by atoms with Gasteiger partial charge in [0.2, 0.25) is 0 Å². The van der Waals surface area contributed by atoms with Gasteiger partial charge in [0.25, 0.3) is 0 Å². The van der Waals surface area contributed by atoms with E-state index in [2.05, 4.69) is 11.1 Å². The number of nitrogens with zero attached hydrogens (tertiary/aromatic N) is 3. The SMILES string of the molecule is [2H]c1nc(-c2[c-]c(-c3cccc4c3nc(-c3cc(C(C)C)cc(C(C)C)c3O)n4-c3ccc(C(C([2H])([2H])[2H])(C([2H])([2H])[2H])C([2H])([2H])[2H])cc3-c3ccccc3)cc(C(C)(C)C)c2)c([2H])c(-c2c([2H])c([2H])c([2H])c([2H])c2[2H])c1[2H].[Pt]. The second-order valence-electron chi connectivity index (χ2n) is 16.8. The largest absolute Gasteiger partial charge is 0.507 e. The summed E-state index contributed by atoms with van der Waals surface area (Å²) in [6.45, 7) is 3.14. The molecule has 8 rings (SSSR count). The van der Waals surface area contributed by atoms with Crippen LogP contribution < -0.4 is 0 Å². The Hall–Kier alpha value is -5.57. The van der Waals surface area contributed by atoms with Gasteiger partial charge in [-0.05, 0) is 86.4 Å². The van der Waals surface area contributed by atoms with Crippen LogP contribution in [0.1, 0.15) is 126 Å².